The summed E-state index contributed by atoms with van der Waals surface area (Å²) in [5.74, 6) is 1.81. The van der Waals surface area contributed by atoms with Gasteiger partial charge in [-0.2, -0.15) is 0 Å². The third-order valence-corrected chi connectivity index (χ3v) is 8.38. The number of rotatable bonds is 9. The van der Waals surface area contributed by atoms with Crippen molar-refractivity contribution in [1.82, 2.24) is 10.2 Å². The lowest BCUT2D eigenvalue weighted by Gasteiger charge is -2.53. The van der Waals surface area contributed by atoms with E-state index in [9.17, 15) is 9.90 Å². The number of aliphatic hydroxyl groups excluding tert-OH is 1. The summed E-state index contributed by atoms with van der Waals surface area (Å²) in [6.07, 6.45) is 4.38. The smallest absolute Gasteiger partial charge is 0.222 e. The highest BCUT2D eigenvalue weighted by Gasteiger charge is 2.68. The molecule has 2 saturated carbocycles. The van der Waals surface area contributed by atoms with Gasteiger partial charge in [0.05, 0.1) is 19.3 Å². The van der Waals surface area contributed by atoms with E-state index >= 15 is 0 Å². The number of fused-ring (bicyclic) bond motifs is 1. The molecule has 3 fully saturated rings. The minimum Gasteiger partial charge on any atom is -0.493 e. The molecule has 1 aliphatic heterocycles. The largest absolute Gasteiger partial charge is 0.493 e. The minimum atomic E-state index is -0.108. The number of nitrogens with zero attached hydrogens (tertiary/aromatic N) is 1. The van der Waals surface area contributed by atoms with Gasteiger partial charge in [0, 0.05) is 31.2 Å². The van der Waals surface area contributed by atoms with E-state index in [4.69, 9.17) is 9.47 Å². The molecule has 1 aromatic rings. The maximum absolute atomic E-state index is 12.5. The molecule has 178 valence electrons. The van der Waals surface area contributed by atoms with Gasteiger partial charge in [-0.1, -0.05) is 32.0 Å². The number of hydrogen-bond acceptors (Lipinski definition) is 5. The van der Waals surface area contributed by atoms with E-state index in [0.29, 0.717) is 25.0 Å². The first-order valence-electron chi connectivity index (χ1n) is 12.2. The van der Waals surface area contributed by atoms with Crippen LogP contribution in [0.2, 0.25) is 0 Å². The van der Waals surface area contributed by atoms with Crippen LogP contribution >= 0.6 is 0 Å². The summed E-state index contributed by atoms with van der Waals surface area (Å²) in [7, 11) is 4.16. The molecule has 2 N–H and O–H groups in total. The molecule has 0 aromatic heterocycles. The molecule has 2 aliphatic carbocycles. The lowest BCUT2D eigenvalue weighted by atomic mass is 9.58. The Morgan fingerprint density at radius 3 is 2.84 bits per heavy atom. The number of carbonyl (C=O) groups excluding carboxylic acids is 1. The summed E-state index contributed by atoms with van der Waals surface area (Å²) in [6.45, 7) is 6.89. The van der Waals surface area contributed by atoms with Gasteiger partial charge in [-0.05, 0) is 68.5 Å². The van der Waals surface area contributed by atoms with E-state index in [0.717, 1.165) is 43.5 Å². The van der Waals surface area contributed by atoms with Gasteiger partial charge in [0.1, 0.15) is 5.75 Å². The lowest BCUT2D eigenvalue weighted by Crippen LogP contribution is -2.59. The normalized spacial score (nSPS) is 32.7. The van der Waals surface area contributed by atoms with Crippen LogP contribution in [0.15, 0.2) is 24.3 Å². The molecule has 1 saturated heterocycles. The number of hydrogen-bond donors (Lipinski definition) is 2. The Morgan fingerprint density at radius 2 is 2.09 bits per heavy atom. The van der Waals surface area contributed by atoms with Crippen LogP contribution in [0.25, 0.3) is 0 Å². The molecule has 1 aromatic carbocycles. The predicted octanol–water partition coefficient (Wildman–Crippen LogP) is 3.40. The zero-order valence-corrected chi connectivity index (χ0v) is 20.1. The zero-order valence-electron chi connectivity index (χ0n) is 20.1. The van der Waals surface area contributed by atoms with Crippen LogP contribution in [0.3, 0.4) is 0 Å². The summed E-state index contributed by atoms with van der Waals surface area (Å²) >= 11 is 0. The molecule has 0 radical (unpaired) electrons. The highest BCUT2D eigenvalue weighted by molar-refractivity contribution is 5.76. The van der Waals surface area contributed by atoms with Crippen LogP contribution in [0.4, 0.5) is 0 Å². The number of ether oxygens (including phenoxy) is 2. The summed E-state index contributed by atoms with van der Waals surface area (Å²) in [5, 5.41) is 12.6. The summed E-state index contributed by atoms with van der Waals surface area (Å²) in [6, 6.07) is 8.43. The summed E-state index contributed by atoms with van der Waals surface area (Å²) in [4.78, 5) is 14.7. The van der Waals surface area contributed by atoms with Crippen molar-refractivity contribution in [3.63, 3.8) is 0 Å². The molecular formula is C26H40N2O4. The molecule has 1 unspecified atom stereocenters. The van der Waals surface area contributed by atoms with Crippen LogP contribution in [0.5, 0.6) is 5.75 Å². The topological polar surface area (TPSA) is 71.0 Å². The fourth-order valence-corrected chi connectivity index (χ4v) is 6.84. The number of para-hydroxylation sites is 1. The highest BCUT2D eigenvalue weighted by Crippen LogP contribution is 2.70. The third kappa shape index (κ3) is 4.17. The monoisotopic (exact) mass is 444 g/mol. The van der Waals surface area contributed by atoms with Gasteiger partial charge in [-0.25, -0.2) is 0 Å². The second kappa shape index (κ2) is 9.32. The maximum atomic E-state index is 12.5. The molecule has 3 aliphatic rings. The average molecular weight is 445 g/mol. The first kappa shape index (κ1) is 23.5. The van der Waals surface area contributed by atoms with E-state index in [1.165, 1.54) is 0 Å². The molecule has 4 rings (SSSR count). The van der Waals surface area contributed by atoms with Crippen molar-refractivity contribution in [3.05, 3.63) is 29.8 Å². The van der Waals surface area contributed by atoms with Crippen molar-refractivity contribution in [1.29, 1.82) is 0 Å². The first-order valence-corrected chi connectivity index (χ1v) is 12.2. The number of benzene rings is 1. The second-order valence-electron chi connectivity index (χ2n) is 10.9. The summed E-state index contributed by atoms with van der Waals surface area (Å²) in [5.41, 5.74) is 1.23. The number of aliphatic hydroxyl groups is 1. The van der Waals surface area contributed by atoms with E-state index < -0.39 is 0 Å². The molecule has 1 heterocycles. The van der Waals surface area contributed by atoms with Crippen molar-refractivity contribution in [2.75, 3.05) is 40.5 Å². The van der Waals surface area contributed by atoms with Crippen LogP contribution in [0, 0.1) is 22.7 Å². The van der Waals surface area contributed by atoms with Gasteiger partial charge in [0.15, 0.2) is 0 Å². The third-order valence-electron chi connectivity index (χ3n) is 8.38. The summed E-state index contributed by atoms with van der Waals surface area (Å²) < 4.78 is 12.7. The number of amides is 1. The van der Waals surface area contributed by atoms with Crippen molar-refractivity contribution in [2.45, 2.75) is 58.1 Å². The molecule has 6 nitrogen and oxygen atoms in total. The lowest BCUT2D eigenvalue weighted by molar-refractivity contribution is -0.138. The molecule has 6 heteroatoms. The van der Waals surface area contributed by atoms with Crippen molar-refractivity contribution >= 4 is 5.91 Å². The fourth-order valence-electron chi connectivity index (χ4n) is 6.84. The average Bonchev–Trinajstić information content (AvgIpc) is 3.24. The molecule has 1 spiro atoms. The van der Waals surface area contributed by atoms with E-state index in [1.54, 1.807) is 0 Å². The SMILES string of the molecule is CN(C)CCCOc1ccccc1[C@H]1OCCC23C[C@@H](C[C@H]12)C(C)(C)[C@@H]3NC(=O)CCO. The van der Waals surface area contributed by atoms with E-state index in [1.807, 2.05) is 6.07 Å². The Hall–Kier alpha value is -1.63. The van der Waals surface area contributed by atoms with Gasteiger partial charge in [-0.15, -0.1) is 0 Å². The van der Waals surface area contributed by atoms with Crippen LogP contribution in [-0.4, -0.2) is 62.4 Å². The number of nitrogens with one attached hydrogen (secondary N) is 1. The quantitative estimate of drug-likeness (QED) is 0.571. The Labute approximate surface area is 192 Å². The molecule has 5 atom stereocenters. The zero-order chi connectivity index (χ0) is 22.9. The standard InChI is InChI=1S/C26H40N2O4/c1-25(2)18-16-20-23(19-8-5-6-9-21(19)31-14-7-12-28(3)4)32-15-11-26(20,17-18)24(25)27-22(30)10-13-29/h5-6,8-9,18,20,23-24,29H,7,10-17H2,1-4H3,(H,27,30)/t18-,20-,23-,24+,26?/m1/s1. The van der Waals surface area contributed by atoms with Crippen molar-refractivity contribution in [3.8, 4) is 5.75 Å². The Morgan fingerprint density at radius 1 is 1.31 bits per heavy atom. The fraction of sp³-hybridized carbons (Fsp3) is 0.731. The van der Waals surface area contributed by atoms with E-state index in [2.05, 4.69) is 56.4 Å². The number of carbonyl (C=O) groups is 1. The van der Waals surface area contributed by atoms with Gasteiger partial charge < -0.3 is 24.8 Å². The van der Waals surface area contributed by atoms with Crippen LogP contribution < -0.4 is 10.1 Å². The Balaban J connectivity index is 1.57. The Kier molecular flexibility index (Phi) is 6.85. The Bertz CT molecular complexity index is 811. The molecular weight excluding hydrogens is 404 g/mol. The molecule has 2 bridgehead atoms. The van der Waals surface area contributed by atoms with Crippen molar-refractivity contribution in [2.24, 2.45) is 22.7 Å². The van der Waals surface area contributed by atoms with E-state index in [-0.39, 0.29) is 41.9 Å². The van der Waals surface area contributed by atoms with Crippen LogP contribution in [-0.2, 0) is 9.53 Å². The molecule has 1 amide bonds. The predicted molar refractivity (Wildman–Crippen MR) is 124 cm³/mol. The second-order valence-corrected chi connectivity index (χ2v) is 10.9. The van der Waals surface area contributed by atoms with Gasteiger partial charge >= 0.3 is 0 Å². The highest BCUT2D eigenvalue weighted by atomic mass is 16.5. The van der Waals surface area contributed by atoms with Crippen molar-refractivity contribution < 1.29 is 19.4 Å². The van der Waals surface area contributed by atoms with Gasteiger partial charge in [-0.3, -0.25) is 4.79 Å². The van der Waals surface area contributed by atoms with Crippen LogP contribution in [0.1, 0.15) is 57.6 Å². The van der Waals surface area contributed by atoms with Gasteiger partial charge in [0.2, 0.25) is 5.91 Å². The first-order chi connectivity index (χ1) is 15.3. The minimum absolute atomic E-state index is 0.00728. The molecule has 32 heavy (non-hydrogen) atoms. The van der Waals surface area contributed by atoms with Gasteiger partial charge in [0.25, 0.3) is 0 Å². The maximum Gasteiger partial charge on any atom is 0.222 e.